The summed E-state index contributed by atoms with van der Waals surface area (Å²) in [6, 6.07) is 13.4. The first-order chi connectivity index (χ1) is 15.2. The van der Waals surface area contributed by atoms with Crippen LogP contribution in [0, 0.1) is 45.4 Å². The van der Waals surface area contributed by atoms with Crippen LogP contribution in [0.15, 0.2) is 58.5 Å². The van der Waals surface area contributed by atoms with Crippen molar-refractivity contribution in [2.45, 2.75) is 13.8 Å². The third kappa shape index (κ3) is 4.68. The van der Waals surface area contributed by atoms with E-state index in [1.807, 2.05) is 0 Å². The van der Waals surface area contributed by atoms with E-state index >= 15 is 0 Å². The Morgan fingerprint density at radius 2 is 1.81 bits per heavy atom. The molecule has 10 nitrogen and oxygen atoms in total. The maximum absolute atomic E-state index is 12.5. The highest BCUT2D eigenvalue weighted by molar-refractivity contribution is 6.09. The first kappa shape index (κ1) is 21.9. The van der Waals surface area contributed by atoms with Crippen LogP contribution in [0.2, 0.25) is 0 Å². The molecule has 160 valence electrons. The summed E-state index contributed by atoms with van der Waals surface area (Å²) in [6.45, 7) is 3.39. The number of carbonyl (C=O) groups excluding carboxylic acids is 1. The number of nitro benzene ring substituents is 2. The monoisotopic (exact) mass is 432 g/mol. The van der Waals surface area contributed by atoms with Crippen LogP contribution in [0.1, 0.15) is 16.9 Å². The highest BCUT2D eigenvalue weighted by Gasteiger charge is 2.19. The first-order valence-electron chi connectivity index (χ1n) is 9.23. The molecule has 0 saturated heterocycles. The van der Waals surface area contributed by atoms with Gasteiger partial charge in [-0.15, -0.1) is 0 Å². The lowest BCUT2D eigenvalue weighted by Crippen LogP contribution is -2.14. The van der Waals surface area contributed by atoms with E-state index in [2.05, 4.69) is 5.32 Å². The van der Waals surface area contributed by atoms with E-state index in [1.165, 1.54) is 42.5 Å². The fourth-order valence-electron chi connectivity index (χ4n) is 2.91. The number of amides is 1. The lowest BCUT2D eigenvalue weighted by Gasteiger charge is -2.07. The summed E-state index contributed by atoms with van der Waals surface area (Å²) in [5.41, 5.74) is 1.10. The van der Waals surface area contributed by atoms with E-state index in [0.29, 0.717) is 11.1 Å². The minimum absolute atomic E-state index is 0.130. The number of benzene rings is 2. The van der Waals surface area contributed by atoms with Crippen LogP contribution in [0.3, 0.4) is 0 Å². The highest BCUT2D eigenvalue weighted by Crippen LogP contribution is 2.32. The van der Waals surface area contributed by atoms with Gasteiger partial charge in [0.2, 0.25) is 0 Å². The van der Waals surface area contributed by atoms with Crippen LogP contribution >= 0.6 is 0 Å². The molecule has 0 spiro atoms. The average Bonchev–Trinajstić information content (AvgIpc) is 3.21. The Kier molecular flexibility index (Phi) is 6.11. The molecule has 0 bridgehead atoms. The predicted octanol–water partition coefficient (Wildman–Crippen LogP) is 4.93. The molecule has 1 aromatic heterocycles. The summed E-state index contributed by atoms with van der Waals surface area (Å²) in [7, 11) is 0. The number of hydrogen-bond donors (Lipinski definition) is 1. The number of nitrogens with zero attached hydrogens (tertiary/aromatic N) is 3. The summed E-state index contributed by atoms with van der Waals surface area (Å²) >= 11 is 0. The molecule has 0 radical (unpaired) electrons. The van der Waals surface area contributed by atoms with Crippen molar-refractivity contribution >= 4 is 29.0 Å². The molecule has 0 aliphatic heterocycles. The summed E-state index contributed by atoms with van der Waals surface area (Å²) in [5, 5.41) is 34.2. The lowest BCUT2D eigenvalue weighted by molar-refractivity contribution is -0.384. The molecule has 10 heteroatoms. The summed E-state index contributed by atoms with van der Waals surface area (Å²) in [6.07, 6.45) is 1.19. The maximum atomic E-state index is 12.5. The van der Waals surface area contributed by atoms with Gasteiger partial charge in [-0.25, -0.2) is 0 Å². The molecule has 3 aromatic rings. The van der Waals surface area contributed by atoms with E-state index in [0.717, 1.165) is 0 Å². The number of nitrogens with one attached hydrogen (secondary N) is 1. The average molecular weight is 432 g/mol. The first-order valence-corrected chi connectivity index (χ1v) is 9.23. The Morgan fingerprint density at radius 3 is 2.47 bits per heavy atom. The second kappa shape index (κ2) is 8.93. The SMILES string of the molecule is Cc1ccc(-c2ccc(/C=C(\C#N)C(=O)Nc3cc([N+](=O)[O-])ccc3C)o2)c([N+](=O)[O-])c1. The van der Waals surface area contributed by atoms with Gasteiger partial charge < -0.3 is 9.73 Å². The van der Waals surface area contributed by atoms with Crippen LogP contribution in [0.4, 0.5) is 17.1 Å². The van der Waals surface area contributed by atoms with Crippen LogP contribution in [-0.2, 0) is 4.79 Å². The molecular formula is C22H16N4O6. The van der Waals surface area contributed by atoms with Gasteiger partial charge in [0, 0.05) is 24.3 Å². The number of rotatable bonds is 6. The Morgan fingerprint density at radius 1 is 1.06 bits per heavy atom. The third-order valence-corrected chi connectivity index (χ3v) is 4.57. The van der Waals surface area contributed by atoms with Crippen molar-refractivity contribution in [2.24, 2.45) is 0 Å². The van der Waals surface area contributed by atoms with E-state index in [4.69, 9.17) is 4.42 Å². The number of anilines is 1. The van der Waals surface area contributed by atoms with Gasteiger partial charge in [-0.2, -0.15) is 5.26 Å². The molecule has 0 fully saturated rings. The molecular weight excluding hydrogens is 416 g/mol. The lowest BCUT2D eigenvalue weighted by atomic mass is 10.1. The summed E-state index contributed by atoms with van der Waals surface area (Å²) < 4.78 is 5.61. The molecule has 1 N–H and O–H groups in total. The molecule has 1 amide bonds. The van der Waals surface area contributed by atoms with Crippen LogP contribution in [0.5, 0.6) is 0 Å². The number of aryl methyl sites for hydroxylation is 2. The van der Waals surface area contributed by atoms with Gasteiger partial charge in [-0.3, -0.25) is 25.0 Å². The van der Waals surface area contributed by atoms with Crippen LogP contribution in [0.25, 0.3) is 17.4 Å². The Hall–Kier alpha value is -4.78. The number of nitriles is 1. The smallest absolute Gasteiger partial charge is 0.280 e. The molecule has 0 atom stereocenters. The molecule has 3 rings (SSSR count). The van der Waals surface area contributed by atoms with Crippen molar-refractivity contribution in [3.8, 4) is 17.4 Å². The molecule has 0 unspecified atom stereocenters. The van der Waals surface area contributed by atoms with Gasteiger partial charge in [0.1, 0.15) is 23.2 Å². The second-order valence-corrected chi connectivity index (χ2v) is 6.86. The Balaban J connectivity index is 1.89. The summed E-state index contributed by atoms with van der Waals surface area (Å²) in [5.74, 6) is -0.442. The van der Waals surface area contributed by atoms with Gasteiger partial charge in [-0.05, 0) is 43.2 Å². The zero-order chi connectivity index (χ0) is 23.4. The predicted molar refractivity (Wildman–Crippen MR) is 116 cm³/mol. The highest BCUT2D eigenvalue weighted by atomic mass is 16.6. The normalized spacial score (nSPS) is 11.0. The number of nitro groups is 2. The summed E-state index contributed by atoms with van der Waals surface area (Å²) in [4.78, 5) is 33.7. The van der Waals surface area contributed by atoms with Crippen molar-refractivity contribution in [1.29, 1.82) is 5.26 Å². The van der Waals surface area contributed by atoms with Crippen LogP contribution in [-0.4, -0.2) is 15.8 Å². The molecule has 32 heavy (non-hydrogen) atoms. The minimum Gasteiger partial charge on any atom is -0.456 e. The van der Waals surface area contributed by atoms with Crippen molar-refractivity contribution in [1.82, 2.24) is 0 Å². The van der Waals surface area contributed by atoms with Crippen molar-refractivity contribution < 1.29 is 19.1 Å². The molecule has 2 aromatic carbocycles. The van der Waals surface area contributed by atoms with Crippen LogP contribution < -0.4 is 5.32 Å². The fourth-order valence-corrected chi connectivity index (χ4v) is 2.91. The number of carbonyl (C=O) groups is 1. The van der Waals surface area contributed by atoms with Gasteiger partial charge in [-0.1, -0.05) is 12.1 Å². The van der Waals surface area contributed by atoms with Gasteiger partial charge in [0.15, 0.2) is 0 Å². The van der Waals surface area contributed by atoms with Crippen molar-refractivity contribution in [3.05, 3.63) is 91.2 Å². The van der Waals surface area contributed by atoms with E-state index in [-0.39, 0.29) is 39.7 Å². The maximum Gasteiger partial charge on any atom is 0.280 e. The third-order valence-electron chi connectivity index (χ3n) is 4.57. The van der Waals surface area contributed by atoms with Crippen molar-refractivity contribution in [3.63, 3.8) is 0 Å². The molecule has 0 aliphatic rings. The molecule has 1 heterocycles. The standard InChI is InChI=1S/C22H16N4O6/c1-13-3-7-18(20(9-13)26(30)31)21-8-6-17(32-21)10-15(12-23)22(27)24-19-11-16(25(28)29)5-4-14(19)2/h3-11H,1-2H3,(H,24,27)/b15-10+. The minimum atomic E-state index is -0.782. The topological polar surface area (TPSA) is 152 Å². The zero-order valence-electron chi connectivity index (χ0n) is 17.0. The Labute approximate surface area is 181 Å². The fraction of sp³-hybridized carbons (Fsp3) is 0.0909. The number of hydrogen-bond acceptors (Lipinski definition) is 7. The van der Waals surface area contributed by atoms with Gasteiger partial charge in [0.25, 0.3) is 17.3 Å². The van der Waals surface area contributed by atoms with Gasteiger partial charge >= 0.3 is 0 Å². The van der Waals surface area contributed by atoms with Gasteiger partial charge in [0.05, 0.1) is 21.1 Å². The Bertz CT molecular complexity index is 1320. The van der Waals surface area contributed by atoms with E-state index < -0.39 is 15.8 Å². The quantitative estimate of drug-likeness (QED) is 0.251. The van der Waals surface area contributed by atoms with E-state index in [9.17, 15) is 30.3 Å². The molecule has 0 saturated carbocycles. The zero-order valence-corrected chi connectivity index (χ0v) is 17.0. The van der Waals surface area contributed by atoms with Crippen molar-refractivity contribution in [2.75, 3.05) is 5.32 Å². The number of non-ortho nitro benzene ring substituents is 1. The number of furan rings is 1. The second-order valence-electron chi connectivity index (χ2n) is 6.86. The molecule has 0 aliphatic carbocycles. The van der Waals surface area contributed by atoms with E-state index in [1.54, 1.807) is 32.0 Å². The largest absolute Gasteiger partial charge is 0.456 e.